The fourth-order valence-corrected chi connectivity index (χ4v) is 1.25. The Hall–Kier alpha value is -0.120. The van der Waals surface area contributed by atoms with Crippen LogP contribution in [0.1, 0.15) is 6.42 Å². The maximum atomic E-state index is 5.18. The first-order valence-electron chi connectivity index (χ1n) is 3.52. The van der Waals surface area contributed by atoms with Crippen LogP contribution in [0.3, 0.4) is 0 Å². The van der Waals surface area contributed by atoms with Crippen molar-refractivity contribution in [3.8, 4) is 0 Å². The second kappa shape index (κ2) is 3.91. The van der Waals surface area contributed by atoms with E-state index in [9.17, 15) is 0 Å². The summed E-state index contributed by atoms with van der Waals surface area (Å²) in [5, 5.41) is 0. The summed E-state index contributed by atoms with van der Waals surface area (Å²) in [6.07, 6.45) is 0.967. The van der Waals surface area contributed by atoms with E-state index in [1.54, 1.807) is 14.2 Å². The highest BCUT2D eigenvalue weighted by Crippen LogP contribution is 2.18. The molecule has 10 heavy (non-hydrogen) atoms. The van der Waals surface area contributed by atoms with Crippen molar-refractivity contribution in [2.75, 3.05) is 27.4 Å². The predicted molar refractivity (Wildman–Crippen MR) is 36.7 cm³/mol. The lowest BCUT2D eigenvalue weighted by atomic mass is 10.1. The molecule has 0 amide bonds. The largest absolute Gasteiger partial charge is 0.381 e. The first-order chi connectivity index (χ1) is 4.88. The van der Waals surface area contributed by atoms with Crippen molar-refractivity contribution in [3.05, 3.63) is 0 Å². The van der Waals surface area contributed by atoms with Gasteiger partial charge < -0.3 is 14.2 Å². The Labute approximate surface area is 61.3 Å². The van der Waals surface area contributed by atoms with Crippen molar-refractivity contribution in [2.24, 2.45) is 5.92 Å². The SMILES string of the molecule is COC(OC)C1CCOC1. The summed E-state index contributed by atoms with van der Waals surface area (Å²) in [5.74, 6) is 0.426. The average Bonchev–Trinajstić information content (AvgIpc) is 2.43. The second-order valence-corrected chi connectivity index (χ2v) is 2.46. The number of rotatable bonds is 3. The normalized spacial score (nSPS) is 26.1. The van der Waals surface area contributed by atoms with Gasteiger partial charge in [-0.3, -0.25) is 0 Å². The molecule has 1 unspecified atom stereocenters. The van der Waals surface area contributed by atoms with E-state index in [0.29, 0.717) is 5.92 Å². The number of hydrogen-bond donors (Lipinski definition) is 0. The van der Waals surface area contributed by atoms with Crippen LogP contribution in [0.5, 0.6) is 0 Å². The molecule has 1 rings (SSSR count). The lowest BCUT2D eigenvalue weighted by Crippen LogP contribution is -2.24. The highest BCUT2D eigenvalue weighted by Gasteiger charge is 2.24. The molecular weight excluding hydrogens is 132 g/mol. The summed E-state index contributed by atoms with van der Waals surface area (Å²) in [6.45, 7) is 1.61. The summed E-state index contributed by atoms with van der Waals surface area (Å²) in [7, 11) is 3.32. The van der Waals surface area contributed by atoms with Crippen molar-refractivity contribution in [2.45, 2.75) is 12.7 Å². The number of hydrogen-bond acceptors (Lipinski definition) is 3. The van der Waals surface area contributed by atoms with Crippen LogP contribution in [-0.2, 0) is 14.2 Å². The van der Waals surface area contributed by atoms with Crippen molar-refractivity contribution >= 4 is 0 Å². The van der Waals surface area contributed by atoms with Crippen LogP contribution < -0.4 is 0 Å². The smallest absolute Gasteiger partial charge is 0.161 e. The fraction of sp³-hybridized carbons (Fsp3) is 1.00. The molecule has 1 saturated heterocycles. The molecule has 0 aromatic heterocycles. The molecule has 0 aliphatic carbocycles. The van der Waals surface area contributed by atoms with Gasteiger partial charge in [-0.15, -0.1) is 0 Å². The predicted octanol–water partition coefficient (Wildman–Crippen LogP) is 0.642. The minimum absolute atomic E-state index is 0.0810. The Balaban J connectivity index is 2.29. The van der Waals surface area contributed by atoms with E-state index in [-0.39, 0.29) is 6.29 Å². The van der Waals surface area contributed by atoms with E-state index < -0.39 is 0 Å². The van der Waals surface area contributed by atoms with Gasteiger partial charge in [0.2, 0.25) is 0 Å². The monoisotopic (exact) mass is 146 g/mol. The first kappa shape index (κ1) is 7.98. The zero-order valence-corrected chi connectivity index (χ0v) is 6.50. The third-order valence-corrected chi connectivity index (χ3v) is 1.81. The molecule has 60 valence electrons. The van der Waals surface area contributed by atoms with Crippen molar-refractivity contribution in [3.63, 3.8) is 0 Å². The Morgan fingerprint density at radius 3 is 2.50 bits per heavy atom. The topological polar surface area (TPSA) is 27.7 Å². The minimum Gasteiger partial charge on any atom is -0.381 e. The van der Waals surface area contributed by atoms with Crippen LogP contribution in [0.2, 0.25) is 0 Å². The Morgan fingerprint density at radius 1 is 1.40 bits per heavy atom. The molecule has 1 heterocycles. The summed E-state index contributed by atoms with van der Waals surface area (Å²) >= 11 is 0. The van der Waals surface area contributed by atoms with Crippen molar-refractivity contribution < 1.29 is 14.2 Å². The number of methoxy groups -OCH3 is 2. The molecule has 3 heteroatoms. The van der Waals surface area contributed by atoms with Gasteiger partial charge in [-0.05, 0) is 6.42 Å². The van der Waals surface area contributed by atoms with E-state index in [0.717, 1.165) is 19.6 Å². The molecule has 0 aromatic carbocycles. The maximum absolute atomic E-state index is 5.18. The van der Waals surface area contributed by atoms with Gasteiger partial charge in [0.25, 0.3) is 0 Å². The summed E-state index contributed by atoms with van der Waals surface area (Å²) in [6, 6.07) is 0. The molecule has 0 bridgehead atoms. The summed E-state index contributed by atoms with van der Waals surface area (Å²) < 4.78 is 15.3. The Morgan fingerprint density at radius 2 is 2.10 bits per heavy atom. The highest BCUT2D eigenvalue weighted by atomic mass is 16.7. The van der Waals surface area contributed by atoms with Crippen LogP contribution >= 0.6 is 0 Å². The summed E-state index contributed by atoms with van der Waals surface area (Å²) in [5.41, 5.74) is 0. The van der Waals surface area contributed by atoms with Gasteiger partial charge in [0.15, 0.2) is 6.29 Å². The molecule has 1 aliphatic rings. The van der Waals surface area contributed by atoms with E-state index in [2.05, 4.69) is 0 Å². The van der Waals surface area contributed by atoms with Gasteiger partial charge in [0.05, 0.1) is 6.61 Å². The first-order valence-corrected chi connectivity index (χ1v) is 3.52. The van der Waals surface area contributed by atoms with Crippen LogP contribution in [0.25, 0.3) is 0 Å². The third kappa shape index (κ3) is 1.68. The fourth-order valence-electron chi connectivity index (χ4n) is 1.25. The molecule has 0 spiro atoms. The lowest BCUT2D eigenvalue weighted by Gasteiger charge is -2.18. The third-order valence-electron chi connectivity index (χ3n) is 1.81. The van der Waals surface area contributed by atoms with E-state index >= 15 is 0 Å². The van der Waals surface area contributed by atoms with Crippen molar-refractivity contribution in [1.82, 2.24) is 0 Å². The average molecular weight is 146 g/mol. The molecular formula is C7H14O3. The molecule has 0 aromatic rings. The molecule has 0 radical (unpaired) electrons. The molecule has 1 fully saturated rings. The minimum atomic E-state index is -0.0810. The lowest BCUT2D eigenvalue weighted by molar-refractivity contribution is -0.136. The zero-order valence-electron chi connectivity index (χ0n) is 6.50. The van der Waals surface area contributed by atoms with Crippen LogP contribution in [0.4, 0.5) is 0 Å². The highest BCUT2D eigenvalue weighted by molar-refractivity contribution is 4.66. The molecule has 0 N–H and O–H groups in total. The van der Waals surface area contributed by atoms with Gasteiger partial charge in [-0.2, -0.15) is 0 Å². The zero-order chi connectivity index (χ0) is 7.40. The Bertz CT molecular complexity index is 84.9. The van der Waals surface area contributed by atoms with E-state index in [1.165, 1.54) is 0 Å². The quantitative estimate of drug-likeness (QED) is 0.547. The molecule has 0 saturated carbocycles. The van der Waals surface area contributed by atoms with Crippen LogP contribution in [-0.4, -0.2) is 33.7 Å². The van der Waals surface area contributed by atoms with Crippen LogP contribution in [0.15, 0.2) is 0 Å². The van der Waals surface area contributed by atoms with Gasteiger partial charge in [0.1, 0.15) is 0 Å². The maximum Gasteiger partial charge on any atom is 0.161 e. The van der Waals surface area contributed by atoms with Gasteiger partial charge in [-0.25, -0.2) is 0 Å². The van der Waals surface area contributed by atoms with Crippen LogP contribution in [0, 0.1) is 5.92 Å². The molecule has 1 aliphatic heterocycles. The van der Waals surface area contributed by atoms with Gasteiger partial charge in [-0.1, -0.05) is 0 Å². The number of ether oxygens (including phenoxy) is 3. The second-order valence-electron chi connectivity index (χ2n) is 2.46. The molecule has 1 atom stereocenters. The van der Waals surface area contributed by atoms with Gasteiger partial charge >= 0.3 is 0 Å². The van der Waals surface area contributed by atoms with E-state index in [4.69, 9.17) is 14.2 Å². The van der Waals surface area contributed by atoms with Gasteiger partial charge in [0, 0.05) is 26.7 Å². The van der Waals surface area contributed by atoms with Crippen molar-refractivity contribution in [1.29, 1.82) is 0 Å². The standard InChI is InChI=1S/C7H14O3/c1-8-7(9-2)6-3-4-10-5-6/h6-7H,3-5H2,1-2H3. The summed E-state index contributed by atoms with van der Waals surface area (Å²) in [4.78, 5) is 0. The Kier molecular flexibility index (Phi) is 3.12. The molecule has 3 nitrogen and oxygen atoms in total. The van der Waals surface area contributed by atoms with E-state index in [1.807, 2.05) is 0 Å².